The number of methoxy groups -OCH3 is 1. The van der Waals surface area contributed by atoms with E-state index in [0.29, 0.717) is 23.9 Å². The second-order valence-corrected chi connectivity index (χ2v) is 5.38. The summed E-state index contributed by atoms with van der Waals surface area (Å²) in [5.74, 6) is 0.363. The zero-order chi connectivity index (χ0) is 14.5. The fraction of sp³-hybridized carbons (Fsp3) is 0.727. The van der Waals surface area contributed by atoms with Crippen molar-refractivity contribution in [3.05, 3.63) is 10.5 Å². The van der Waals surface area contributed by atoms with Crippen LogP contribution in [0.5, 0.6) is 0 Å². The third-order valence-corrected chi connectivity index (χ3v) is 3.91. The Morgan fingerprint density at radius 1 is 1.63 bits per heavy atom. The van der Waals surface area contributed by atoms with Crippen LogP contribution in [0.25, 0.3) is 0 Å². The minimum absolute atomic E-state index is 0.245. The lowest BCUT2D eigenvalue weighted by Crippen LogP contribution is -2.50. The maximum atomic E-state index is 11.8. The number of likely N-dealkylation sites (N-methyl/N-ethyl adjacent to an activating group) is 1. The highest BCUT2D eigenvalue weighted by molar-refractivity contribution is 7.99. The number of carbonyl (C=O) groups is 1. The van der Waals surface area contributed by atoms with Crippen LogP contribution in [-0.4, -0.2) is 45.7 Å². The Kier molecular flexibility index (Phi) is 5.61. The van der Waals surface area contributed by atoms with Crippen molar-refractivity contribution in [3.8, 4) is 0 Å². The number of nitrogens with one attached hydrogen (secondary N) is 2. The van der Waals surface area contributed by atoms with E-state index in [9.17, 15) is 9.59 Å². The molecule has 1 unspecified atom stereocenters. The summed E-state index contributed by atoms with van der Waals surface area (Å²) in [6.45, 7) is 4.43. The molecule has 0 aliphatic heterocycles. The third-order valence-electron chi connectivity index (χ3n) is 2.87. The molecule has 1 atom stereocenters. The summed E-state index contributed by atoms with van der Waals surface area (Å²) in [5, 5.41) is 10.0. The summed E-state index contributed by atoms with van der Waals surface area (Å²) < 4.78 is 6.25. The van der Waals surface area contributed by atoms with Crippen LogP contribution in [0.15, 0.2) is 9.95 Å². The van der Waals surface area contributed by atoms with Gasteiger partial charge >= 0.3 is 11.7 Å². The number of hydrogen-bond donors (Lipinski definition) is 2. The number of hydrogen-bond acceptors (Lipinski definition) is 6. The van der Waals surface area contributed by atoms with Gasteiger partial charge in [0.05, 0.1) is 7.11 Å². The average molecular weight is 288 g/mol. The van der Waals surface area contributed by atoms with Gasteiger partial charge in [-0.1, -0.05) is 18.7 Å². The van der Waals surface area contributed by atoms with Gasteiger partial charge in [-0.05, 0) is 19.9 Å². The van der Waals surface area contributed by atoms with Gasteiger partial charge in [-0.2, -0.15) is 0 Å². The highest BCUT2D eigenvalue weighted by atomic mass is 32.2. The van der Waals surface area contributed by atoms with Crippen LogP contribution in [0.2, 0.25) is 0 Å². The Morgan fingerprint density at radius 3 is 2.79 bits per heavy atom. The minimum Gasteiger partial charge on any atom is -0.468 e. The predicted octanol–water partition coefficient (Wildman–Crippen LogP) is 0.132. The van der Waals surface area contributed by atoms with Crippen molar-refractivity contribution in [1.29, 1.82) is 0 Å². The van der Waals surface area contributed by atoms with E-state index >= 15 is 0 Å². The van der Waals surface area contributed by atoms with Gasteiger partial charge in [0.2, 0.25) is 0 Å². The van der Waals surface area contributed by atoms with Crippen LogP contribution < -0.4 is 11.0 Å². The van der Waals surface area contributed by atoms with Gasteiger partial charge in [-0.25, -0.2) is 9.89 Å². The first-order valence-corrected chi connectivity index (χ1v) is 7.00. The number of ether oxygens (including phenoxy) is 1. The summed E-state index contributed by atoms with van der Waals surface area (Å²) in [5.41, 5.74) is -0.962. The fourth-order valence-electron chi connectivity index (χ4n) is 1.69. The molecule has 8 heteroatoms. The van der Waals surface area contributed by atoms with Crippen molar-refractivity contribution in [3.63, 3.8) is 0 Å². The summed E-state index contributed by atoms with van der Waals surface area (Å²) in [6.07, 6.45) is 0.583. The molecule has 108 valence electrons. The maximum Gasteiger partial charge on any atom is 0.343 e. The normalized spacial score (nSPS) is 14.1. The molecule has 2 N–H and O–H groups in total. The molecular weight excluding hydrogens is 268 g/mol. The molecule has 19 heavy (non-hydrogen) atoms. The van der Waals surface area contributed by atoms with E-state index in [2.05, 4.69) is 15.5 Å². The molecule has 1 rings (SSSR count). The lowest BCUT2D eigenvalue weighted by molar-refractivity contribution is -0.147. The Morgan fingerprint density at radius 2 is 2.32 bits per heavy atom. The Labute approximate surface area is 116 Å². The van der Waals surface area contributed by atoms with E-state index < -0.39 is 5.54 Å². The molecule has 0 amide bonds. The van der Waals surface area contributed by atoms with Crippen LogP contribution in [0.1, 0.15) is 20.3 Å². The number of esters is 1. The first kappa shape index (κ1) is 15.8. The van der Waals surface area contributed by atoms with E-state index in [-0.39, 0.29) is 11.7 Å². The van der Waals surface area contributed by atoms with Gasteiger partial charge < -0.3 is 10.1 Å². The zero-order valence-corrected chi connectivity index (χ0v) is 12.5. The van der Waals surface area contributed by atoms with Gasteiger partial charge in [0.1, 0.15) is 5.54 Å². The van der Waals surface area contributed by atoms with E-state index in [4.69, 9.17) is 4.74 Å². The van der Waals surface area contributed by atoms with Crippen molar-refractivity contribution < 1.29 is 9.53 Å². The van der Waals surface area contributed by atoms with Crippen LogP contribution in [-0.2, 0) is 16.6 Å². The molecule has 0 bridgehead atoms. The molecule has 0 saturated carbocycles. The summed E-state index contributed by atoms with van der Waals surface area (Å²) in [7, 11) is 3.03. The molecule has 0 aliphatic rings. The third kappa shape index (κ3) is 3.84. The van der Waals surface area contributed by atoms with E-state index in [0.717, 1.165) is 0 Å². The summed E-state index contributed by atoms with van der Waals surface area (Å²) >= 11 is 1.42. The van der Waals surface area contributed by atoms with Gasteiger partial charge in [0.25, 0.3) is 0 Å². The van der Waals surface area contributed by atoms with Crippen molar-refractivity contribution in [2.75, 3.05) is 19.4 Å². The van der Waals surface area contributed by atoms with E-state index in [1.54, 1.807) is 7.05 Å². The SMILES string of the molecule is CCNC(C)(CCSc1n[nH]c(=O)n1C)C(=O)OC. The van der Waals surface area contributed by atoms with Crippen molar-refractivity contribution >= 4 is 17.7 Å². The van der Waals surface area contributed by atoms with Gasteiger partial charge in [-0.3, -0.25) is 9.36 Å². The number of H-pyrrole nitrogens is 1. The van der Waals surface area contributed by atoms with Crippen LogP contribution in [0.4, 0.5) is 0 Å². The topological polar surface area (TPSA) is 89.0 Å². The maximum absolute atomic E-state index is 11.8. The average Bonchev–Trinajstić information content (AvgIpc) is 2.70. The first-order valence-electron chi connectivity index (χ1n) is 6.02. The molecule has 0 fully saturated rings. The van der Waals surface area contributed by atoms with Crippen LogP contribution in [0, 0.1) is 0 Å². The molecule has 0 radical (unpaired) electrons. The molecule has 1 heterocycles. The van der Waals surface area contributed by atoms with Crippen LogP contribution in [0.3, 0.4) is 0 Å². The Bertz CT molecular complexity index is 485. The summed E-state index contributed by atoms with van der Waals surface area (Å²) in [4.78, 5) is 23.0. The molecule has 0 aliphatic carbocycles. The smallest absolute Gasteiger partial charge is 0.343 e. The van der Waals surface area contributed by atoms with Crippen LogP contribution >= 0.6 is 11.8 Å². The van der Waals surface area contributed by atoms with Crippen molar-refractivity contribution in [2.45, 2.75) is 31.0 Å². The number of aromatic amines is 1. The van der Waals surface area contributed by atoms with Gasteiger partial charge in [0, 0.05) is 12.8 Å². The highest BCUT2D eigenvalue weighted by Crippen LogP contribution is 2.19. The number of rotatable bonds is 7. The molecule has 0 spiro atoms. The van der Waals surface area contributed by atoms with Gasteiger partial charge in [-0.15, -0.1) is 5.10 Å². The van der Waals surface area contributed by atoms with E-state index in [1.165, 1.54) is 23.4 Å². The molecule has 1 aromatic heterocycles. The van der Waals surface area contributed by atoms with Gasteiger partial charge in [0.15, 0.2) is 5.16 Å². The molecule has 0 aromatic carbocycles. The van der Waals surface area contributed by atoms with E-state index in [1.807, 2.05) is 13.8 Å². The standard InChI is InChI=1S/C11H20N4O3S/c1-5-12-11(2,8(16)18-4)6-7-19-10-14-13-9(17)15(10)3/h12H,5-7H2,1-4H3,(H,13,17). The lowest BCUT2D eigenvalue weighted by atomic mass is 9.99. The first-order chi connectivity index (χ1) is 8.94. The molecule has 7 nitrogen and oxygen atoms in total. The molecular formula is C11H20N4O3S. The Hall–Kier alpha value is -1.28. The number of nitrogens with zero attached hydrogens (tertiary/aromatic N) is 2. The largest absolute Gasteiger partial charge is 0.468 e. The second kappa shape index (κ2) is 6.76. The quantitative estimate of drug-likeness (QED) is 0.548. The Balaban J connectivity index is 2.60. The fourth-order valence-corrected chi connectivity index (χ4v) is 2.77. The summed E-state index contributed by atoms with van der Waals surface area (Å²) in [6, 6.07) is 0. The molecule has 0 saturated heterocycles. The lowest BCUT2D eigenvalue weighted by Gasteiger charge is -2.27. The highest BCUT2D eigenvalue weighted by Gasteiger charge is 2.32. The number of carbonyl (C=O) groups excluding carboxylic acids is 1. The van der Waals surface area contributed by atoms with Crippen molar-refractivity contribution in [2.24, 2.45) is 7.05 Å². The number of aromatic nitrogens is 3. The zero-order valence-electron chi connectivity index (χ0n) is 11.6. The molecule has 1 aromatic rings. The number of thioether (sulfide) groups is 1. The predicted molar refractivity (Wildman–Crippen MR) is 73.3 cm³/mol. The van der Waals surface area contributed by atoms with Crippen molar-refractivity contribution in [1.82, 2.24) is 20.1 Å². The second-order valence-electron chi connectivity index (χ2n) is 4.32. The minimum atomic E-state index is -0.717. The monoisotopic (exact) mass is 288 g/mol.